The van der Waals surface area contributed by atoms with E-state index in [0.29, 0.717) is 5.69 Å². The largest absolute Gasteiger partial charge is 0.445 e. The summed E-state index contributed by atoms with van der Waals surface area (Å²) in [6.45, 7) is 0.251. The van der Waals surface area contributed by atoms with E-state index < -0.39 is 6.09 Å². The first-order valence-corrected chi connectivity index (χ1v) is 4.80. The highest BCUT2D eigenvalue weighted by atomic mass is 16.6. The topological polar surface area (TPSA) is 96.3 Å². The molecule has 0 aliphatic rings. The van der Waals surface area contributed by atoms with E-state index >= 15 is 0 Å². The third-order valence-electron chi connectivity index (χ3n) is 1.83. The summed E-state index contributed by atoms with van der Waals surface area (Å²) in [5, 5.41) is 5.81. The zero-order valence-corrected chi connectivity index (χ0v) is 9.29. The van der Waals surface area contributed by atoms with Gasteiger partial charge in [0.05, 0.1) is 0 Å². The Morgan fingerprint density at radius 1 is 1.47 bits per heavy atom. The van der Waals surface area contributed by atoms with Gasteiger partial charge in [0.15, 0.2) is 0 Å². The highest BCUT2D eigenvalue weighted by Gasteiger charge is 2.01. The van der Waals surface area contributed by atoms with Gasteiger partial charge in [0.1, 0.15) is 13.3 Å². The normalized spacial score (nSPS) is 9.24. The number of alkyl carbamates (subject to hydrolysis) is 1. The maximum Gasteiger partial charge on any atom is 0.409 e. The molecule has 0 saturated heterocycles. The van der Waals surface area contributed by atoms with Gasteiger partial charge in [0, 0.05) is 17.7 Å². The smallest absolute Gasteiger partial charge is 0.409 e. The van der Waals surface area contributed by atoms with Crippen LogP contribution in [0.5, 0.6) is 0 Å². The number of nitrogens with one attached hydrogen (secondary N) is 1. The lowest BCUT2D eigenvalue weighted by atomic mass is 10.2. The zero-order chi connectivity index (χ0) is 12.5. The van der Waals surface area contributed by atoms with Gasteiger partial charge in [0.25, 0.3) is 0 Å². The summed E-state index contributed by atoms with van der Waals surface area (Å²) in [6.07, 6.45) is -0.550. The van der Waals surface area contributed by atoms with E-state index in [9.17, 15) is 4.79 Å². The first kappa shape index (κ1) is 12.8. The fourth-order valence-corrected chi connectivity index (χ4v) is 1.04. The van der Waals surface area contributed by atoms with Crippen molar-refractivity contribution in [3.05, 3.63) is 40.3 Å². The lowest BCUT2D eigenvalue weighted by molar-refractivity contribution is 0.115. The summed E-state index contributed by atoms with van der Waals surface area (Å²) in [5.41, 5.74) is 9.53. The lowest BCUT2D eigenvalue weighted by Gasteiger charge is -2.06. The second-order valence-corrected chi connectivity index (χ2v) is 3.04. The van der Waals surface area contributed by atoms with Crippen LogP contribution in [-0.2, 0) is 16.1 Å². The van der Waals surface area contributed by atoms with E-state index in [1.54, 1.807) is 24.3 Å². The molecule has 0 unspecified atom stereocenters. The molecule has 0 saturated carbocycles. The summed E-state index contributed by atoms with van der Waals surface area (Å²) in [7, 11) is 1.47. The van der Waals surface area contributed by atoms with E-state index in [-0.39, 0.29) is 13.3 Å². The molecule has 0 aliphatic carbocycles. The SMILES string of the molecule is COCNC(=O)OCc1ccc(N=[N+]=[N-])cc1. The number of ether oxygens (including phenoxy) is 2. The van der Waals surface area contributed by atoms with Crippen LogP contribution in [0.25, 0.3) is 10.4 Å². The molecule has 1 rings (SSSR count). The van der Waals surface area contributed by atoms with Crippen LogP contribution in [0.15, 0.2) is 29.4 Å². The molecule has 1 aromatic rings. The minimum Gasteiger partial charge on any atom is -0.445 e. The number of hydrogen-bond acceptors (Lipinski definition) is 4. The molecule has 1 N–H and O–H groups in total. The number of methoxy groups -OCH3 is 1. The van der Waals surface area contributed by atoms with Crippen molar-refractivity contribution in [1.82, 2.24) is 5.32 Å². The highest BCUT2D eigenvalue weighted by molar-refractivity contribution is 5.66. The molecule has 0 atom stereocenters. The van der Waals surface area contributed by atoms with Crippen molar-refractivity contribution in [3.63, 3.8) is 0 Å². The maximum absolute atomic E-state index is 11.1. The van der Waals surface area contributed by atoms with E-state index in [4.69, 9.17) is 10.3 Å². The third-order valence-corrected chi connectivity index (χ3v) is 1.83. The summed E-state index contributed by atoms with van der Waals surface area (Å²) < 4.78 is 9.55. The Kier molecular flexibility index (Phi) is 5.36. The number of azide groups is 1. The Labute approximate surface area is 98.0 Å². The zero-order valence-electron chi connectivity index (χ0n) is 9.29. The van der Waals surface area contributed by atoms with Crippen molar-refractivity contribution in [3.8, 4) is 0 Å². The third kappa shape index (κ3) is 4.87. The van der Waals surface area contributed by atoms with Gasteiger partial charge < -0.3 is 9.47 Å². The highest BCUT2D eigenvalue weighted by Crippen LogP contribution is 2.13. The minimum absolute atomic E-state index is 0.106. The lowest BCUT2D eigenvalue weighted by Crippen LogP contribution is -2.25. The second-order valence-electron chi connectivity index (χ2n) is 3.04. The molecule has 0 spiro atoms. The number of benzene rings is 1. The molecule has 1 aromatic carbocycles. The quantitative estimate of drug-likeness (QED) is 0.368. The molecule has 0 fully saturated rings. The van der Waals surface area contributed by atoms with Crippen LogP contribution in [0.3, 0.4) is 0 Å². The van der Waals surface area contributed by atoms with Crippen LogP contribution >= 0.6 is 0 Å². The fraction of sp³-hybridized carbons (Fsp3) is 0.300. The van der Waals surface area contributed by atoms with Crippen molar-refractivity contribution in [1.29, 1.82) is 0 Å². The molecule has 7 nitrogen and oxygen atoms in total. The molecule has 0 aliphatic heterocycles. The van der Waals surface area contributed by atoms with Crippen molar-refractivity contribution in [2.45, 2.75) is 6.61 Å². The van der Waals surface area contributed by atoms with E-state index in [1.165, 1.54) is 7.11 Å². The Hall–Kier alpha value is -2.24. The Balaban J connectivity index is 2.41. The molecular weight excluding hydrogens is 224 g/mol. The standard InChI is InChI=1S/C10H12N4O3/c1-16-7-12-10(15)17-6-8-2-4-9(5-3-8)13-14-11/h2-5H,6-7H2,1H3,(H,12,15). The molecule has 1 amide bonds. The van der Waals surface area contributed by atoms with E-state index in [0.717, 1.165) is 5.56 Å². The fourth-order valence-electron chi connectivity index (χ4n) is 1.04. The monoisotopic (exact) mass is 236 g/mol. The number of carbonyl (C=O) groups is 1. The Morgan fingerprint density at radius 3 is 2.76 bits per heavy atom. The van der Waals surface area contributed by atoms with Crippen LogP contribution in [0.2, 0.25) is 0 Å². The van der Waals surface area contributed by atoms with Gasteiger partial charge >= 0.3 is 6.09 Å². The van der Waals surface area contributed by atoms with Crippen LogP contribution < -0.4 is 5.32 Å². The number of carbonyl (C=O) groups excluding carboxylic acids is 1. The van der Waals surface area contributed by atoms with Crippen molar-refractivity contribution < 1.29 is 14.3 Å². The van der Waals surface area contributed by atoms with Gasteiger partial charge in [-0.1, -0.05) is 29.4 Å². The van der Waals surface area contributed by atoms with Gasteiger partial charge in [-0.2, -0.15) is 0 Å². The first-order chi connectivity index (χ1) is 8.26. The number of rotatable bonds is 5. The Bertz CT molecular complexity index is 412. The summed E-state index contributed by atoms with van der Waals surface area (Å²) >= 11 is 0. The van der Waals surface area contributed by atoms with E-state index in [2.05, 4.69) is 20.1 Å². The molecule has 0 aromatic heterocycles. The average molecular weight is 236 g/mol. The minimum atomic E-state index is -0.550. The van der Waals surface area contributed by atoms with Crippen LogP contribution in [-0.4, -0.2) is 19.9 Å². The predicted octanol–water partition coefficient (Wildman–Crippen LogP) is 2.46. The van der Waals surface area contributed by atoms with Gasteiger partial charge in [0.2, 0.25) is 0 Å². The summed E-state index contributed by atoms with van der Waals surface area (Å²) in [6, 6.07) is 6.72. The molecular formula is C10H12N4O3. The summed E-state index contributed by atoms with van der Waals surface area (Å²) in [4.78, 5) is 13.7. The van der Waals surface area contributed by atoms with Gasteiger partial charge in [-0.05, 0) is 11.1 Å². The van der Waals surface area contributed by atoms with Crippen molar-refractivity contribution in [2.24, 2.45) is 5.11 Å². The first-order valence-electron chi connectivity index (χ1n) is 4.80. The summed E-state index contributed by atoms with van der Waals surface area (Å²) in [5.74, 6) is 0. The van der Waals surface area contributed by atoms with Gasteiger partial charge in [-0.15, -0.1) is 0 Å². The average Bonchev–Trinajstić information content (AvgIpc) is 2.36. The predicted molar refractivity (Wildman–Crippen MR) is 60.4 cm³/mol. The number of amides is 1. The molecule has 0 radical (unpaired) electrons. The maximum atomic E-state index is 11.1. The van der Waals surface area contributed by atoms with Crippen LogP contribution in [0.4, 0.5) is 10.5 Å². The van der Waals surface area contributed by atoms with Crippen LogP contribution in [0, 0.1) is 0 Å². The molecule has 17 heavy (non-hydrogen) atoms. The second kappa shape index (κ2) is 7.10. The van der Waals surface area contributed by atoms with Gasteiger partial charge in [-0.3, -0.25) is 5.32 Å². The number of hydrogen-bond donors (Lipinski definition) is 1. The molecule has 90 valence electrons. The Morgan fingerprint density at radius 2 is 2.18 bits per heavy atom. The van der Waals surface area contributed by atoms with Crippen molar-refractivity contribution >= 4 is 11.8 Å². The molecule has 0 heterocycles. The van der Waals surface area contributed by atoms with Crippen molar-refractivity contribution in [2.75, 3.05) is 13.8 Å². The van der Waals surface area contributed by atoms with Gasteiger partial charge in [-0.25, -0.2) is 4.79 Å². The molecule has 7 heteroatoms. The van der Waals surface area contributed by atoms with E-state index in [1.807, 2.05) is 0 Å². The molecule has 0 bridgehead atoms. The number of nitrogens with zero attached hydrogens (tertiary/aromatic N) is 3. The van der Waals surface area contributed by atoms with Crippen LogP contribution in [0.1, 0.15) is 5.56 Å².